The van der Waals surface area contributed by atoms with Crippen molar-refractivity contribution >= 4 is 11.6 Å². The minimum atomic E-state index is 0.0278. The predicted molar refractivity (Wildman–Crippen MR) is 101 cm³/mol. The van der Waals surface area contributed by atoms with Gasteiger partial charge in [0.2, 0.25) is 0 Å². The topological polar surface area (TPSA) is 68.3 Å². The van der Waals surface area contributed by atoms with E-state index in [4.69, 9.17) is 0 Å². The Labute approximate surface area is 158 Å². The van der Waals surface area contributed by atoms with Gasteiger partial charge in [0.1, 0.15) is 11.3 Å². The third-order valence-corrected chi connectivity index (χ3v) is 5.70. The molecule has 0 aromatic carbocycles. The van der Waals surface area contributed by atoms with Gasteiger partial charge in [-0.2, -0.15) is 0 Å². The summed E-state index contributed by atoms with van der Waals surface area (Å²) in [4.78, 5) is 19.5. The SMILES string of the molecule is Cc1cccn2cc(C(=O)N3CCC[C@@H](Cn4cc(C5CC5)nn4)C3)nc12. The monoisotopic (exact) mass is 364 g/mol. The molecule has 0 spiro atoms. The van der Waals surface area contributed by atoms with Crippen LogP contribution < -0.4 is 0 Å². The number of likely N-dealkylation sites (tertiary alicyclic amines) is 1. The summed E-state index contributed by atoms with van der Waals surface area (Å²) in [7, 11) is 0. The smallest absolute Gasteiger partial charge is 0.274 e. The van der Waals surface area contributed by atoms with E-state index < -0.39 is 0 Å². The minimum absolute atomic E-state index is 0.0278. The summed E-state index contributed by atoms with van der Waals surface area (Å²) in [5.41, 5.74) is 3.58. The van der Waals surface area contributed by atoms with E-state index in [1.807, 2.05) is 45.4 Å². The van der Waals surface area contributed by atoms with Crippen LogP contribution in [0.15, 0.2) is 30.7 Å². The van der Waals surface area contributed by atoms with Gasteiger partial charge >= 0.3 is 0 Å². The lowest BCUT2D eigenvalue weighted by molar-refractivity contribution is 0.0654. The van der Waals surface area contributed by atoms with Crippen LogP contribution in [0.3, 0.4) is 0 Å². The number of imidazole rings is 1. The number of nitrogens with zero attached hydrogens (tertiary/aromatic N) is 6. The number of carbonyl (C=O) groups is 1. The first-order valence-electron chi connectivity index (χ1n) is 9.81. The molecule has 5 rings (SSSR count). The number of fused-ring (bicyclic) bond motifs is 1. The highest BCUT2D eigenvalue weighted by Crippen LogP contribution is 2.38. The van der Waals surface area contributed by atoms with Crippen LogP contribution in [0.2, 0.25) is 0 Å². The summed E-state index contributed by atoms with van der Waals surface area (Å²) >= 11 is 0. The zero-order chi connectivity index (χ0) is 18.4. The van der Waals surface area contributed by atoms with E-state index in [0.717, 1.165) is 49.4 Å². The molecule has 7 nitrogen and oxygen atoms in total. The van der Waals surface area contributed by atoms with Crippen molar-refractivity contribution in [2.75, 3.05) is 13.1 Å². The van der Waals surface area contributed by atoms with E-state index in [-0.39, 0.29) is 5.91 Å². The molecular formula is C20H24N6O. The number of rotatable bonds is 4. The highest BCUT2D eigenvalue weighted by molar-refractivity contribution is 5.93. The zero-order valence-electron chi connectivity index (χ0n) is 15.6. The van der Waals surface area contributed by atoms with Crippen LogP contribution >= 0.6 is 0 Å². The van der Waals surface area contributed by atoms with Crippen LogP contribution in [-0.4, -0.2) is 48.3 Å². The normalized spacial score (nSPS) is 20.3. The number of hydrogen-bond donors (Lipinski definition) is 0. The standard InChI is InChI=1S/C20H24N6O/c1-14-4-2-8-24-12-18(21-19(14)24)20(27)25-9-3-5-15(10-25)11-26-13-17(22-23-26)16-6-7-16/h2,4,8,12-13,15-16H,3,5-7,9-11H2,1H3/t15-/m1/s1. The maximum atomic E-state index is 13.0. The van der Waals surface area contributed by atoms with Crippen LogP contribution in [0, 0.1) is 12.8 Å². The van der Waals surface area contributed by atoms with Crippen molar-refractivity contribution in [2.45, 2.75) is 45.1 Å². The molecule has 27 heavy (non-hydrogen) atoms. The summed E-state index contributed by atoms with van der Waals surface area (Å²) in [5, 5.41) is 8.58. The summed E-state index contributed by atoms with van der Waals surface area (Å²) in [6.45, 7) is 4.40. The first kappa shape index (κ1) is 16.5. The maximum Gasteiger partial charge on any atom is 0.274 e. The second-order valence-electron chi connectivity index (χ2n) is 7.95. The quantitative estimate of drug-likeness (QED) is 0.714. The van der Waals surface area contributed by atoms with Gasteiger partial charge in [0.25, 0.3) is 5.91 Å². The zero-order valence-corrected chi connectivity index (χ0v) is 15.6. The third kappa shape index (κ3) is 3.22. The molecule has 4 heterocycles. The fourth-order valence-corrected chi connectivity index (χ4v) is 4.05. The lowest BCUT2D eigenvalue weighted by Gasteiger charge is -2.32. The first-order chi connectivity index (χ1) is 13.2. The van der Waals surface area contributed by atoms with Crippen molar-refractivity contribution in [3.63, 3.8) is 0 Å². The van der Waals surface area contributed by atoms with Crippen LogP contribution in [-0.2, 0) is 6.54 Å². The van der Waals surface area contributed by atoms with Gasteiger partial charge in [-0.15, -0.1) is 5.10 Å². The Bertz CT molecular complexity index is 985. The molecule has 0 unspecified atom stereocenters. The van der Waals surface area contributed by atoms with Gasteiger partial charge in [0, 0.05) is 44.1 Å². The molecule has 140 valence electrons. The van der Waals surface area contributed by atoms with Gasteiger partial charge in [0.15, 0.2) is 0 Å². The summed E-state index contributed by atoms with van der Waals surface area (Å²) in [6, 6.07) is 3.99. The number of pyridine rings is 1. The molecule has 1 aliphatic heterocycles. The van der Waals surface area contributed by atoms with Crippen molar-refractivity contribution in [1.82, 2.24) is 29.3 Å². The van der Waals surface area contributed by atoms with Crippen LogP contribution in [0.25, 0.3) is 5.65 Å². The van der Waals surface area contributed by atoms with E-state index in [0.29, 0.717) is 17.5 Å². The number of aromatic nitrogens is 5. The lowest BCUT2D eigenvalue weighted by Crippen LogP contribution is -2.41. The average molecular weight is 364 g/mol. The first-order valence-corrected chi connectivity index (χ1v) is 9.81. The largest absolute Gasteiger partial charge is 0.337 e. The minimum Gasteiger partial charge on any atom is -0.337 e. The van der Waals surface area contributed by atoms with Crippen molar-refractivity contribution in [2.24, 2.45) is 5.92 Å². The lowest BCUT2D eigenvalue weighted by atomic mass is 9.98. The highest BCUT2D eigenvalue weighted by Gasteiger charge is 2.29. The second-order valence-corrected chi connectivity index (χ2v) is 7.95. The molecule has 1 saturated carbocycles. The van der Waals surface area contributed by atoms with E-state index in [1.165, 1.54) is 12.8 Å². The molecule has 1 atom stereocenters. The predicted octanol–water partition coefficient (Wildman–Crippen LogP) is 2.66. The second kappa shape index (κ2) is 6.48. The fraction of sp³-hybridized carbons (Fsp3) is 0.500. The summed E-state index contributed by atoms with van der Waals surface area (Å²) in [5.74, 6) is 1.07. The van der Waals surface area contributed by atoms with Gasteiger partial charge in [-0.1, -0.05) is 11.3 Å². The van der Waals surface area contributed by atoms with E-state index in [2.05, 4.69) is 21.5 Å². The fourth-order valence-electron chi connectivity index (χ4n) is 4.05. The molecule has 1 amide bonds. The Kier molecular flexibility index (Phi) is 3.95. The van der Waals surface area contributed by atoms with E-state index >= 15 is 0 Å². The van der Waals surface area contributed by atoms with Gasteiger partial charge in [0.05, 0.1) is 5.69 Å². The van der Waals surface area contributed by atoms with Crippen molar-refractivity contribution < 1.29 is 4.79 Å². The van der Waals surface area contributed by atoms with Gasteiger partial charge in [-0.3, -0.25) is 9.48 Å². The molecular weight excluding hydrogens is 340 g/mol. The Morgan fingerprint density at radius 3 is 2.96 bits per heavy atom. The van der Waals surface area contributed by atoms with Crippen molar-refractivity contribution in [1.29, 1.82) is 0 Å². The number of hydrogen-bond acceptors (Lipinski definition) is 4. The number of carbonyl (C=O) groups excluding carboxylic acids is 1. The molecule has 2 fully saturated rings. The Balaban J connectivity index is 1.29. The highest BCUT2D eigenvalue weighted by atomic mass is 16.2. The summed E-state index contributed by atoms with van der Waals surface area (Å²) in [6.07, 6.45) is 10.5. The maximum absolute atomic E-state index is 13.0. The Hall–Kier alpha value is -2.70. The molecule has 0 N–H and O–H groups in total. The average Bonchev–Trinajstić information content (AvgIpc) is 3.26. The van der Waals surface area contributed by atoms with Crippen molar-refractivity contribution in [3.8, 4) is 0 Å². The number of amides is 1. The van der Waals surface area contributed by atoms with Crippen LogP contribution in [0.1, 0.15) is 53.3 Å². The Morgan fingerprint density at radius 1 is 1.26 bits per heavy atom. The molecule has 1 saturated heterocycles. The molecule has 7 heteroatoms. The van der Waals surface area contributed by atoms with Crippen molar-refractivity contribution in [3.05, 3.63) is 47.7 Å². The molecule has 0 bridgehead atoms. The van der Waals surface area contributed by atoms with E-state index in [9.17, 15) is 4.79 Å². The number of piperidine rings is 1. The molecule has 3 aromatic heterocycles. The van der Waals surface area contributed by atoms with Crippen LogP contribution in [0.5, 0.6) is 0 Å². The van der Waals surface area contributed by atoms with Gasteiger partial charge < -0.3 is 9.30 Å². The molecule has 0 radical (unpaired) electrons. The Morgan fingerprint density at radius 2 is 2.15 bits per heavy atom. The molecule has 3 aromatic rings. The molecule has 2 aliphatic rings. The van der Waals surface area contributed by atoms with Crippen LogP contribution in [0.4, 0.5) is 0 Å². The summed E-state index contributed by atoms with van der Waals surface area (Å²) < 4.78 is 3.89. The number of aryl methyl sites for hydroxylation is 1. The molecule has 1 aliphatic carbocycles. The van der Waals surface area contributed by atoms with E-state index in [1.54, 1.807) is 0 Å². The third-order valence-electron chi connectivity index (χ3n) is 5.70. The van der Waals surface area contributed by atoms with Gasteiger partial charge in [-0.25, -0.2) is 4.98 Å². The van der Waals surface area contributed by atoms with Gasteiger partial charge in [-0.05, 0) is 50.2 Å².